The highest BCUT2D eigenvalue weighted by Gasteiger charge is 2.31. The highest BCUT2D eigenvalue weighted by atomic mass is 32.1. The Morgan fingerprint density at radius 3 is 2.59 bits per heavy atom. The maximum Gasteiger partial charge on any atom is 0.220 e. The smallest absolute Gasteiger partial charge is 0.220 e. The van der Waals surface area contributed by atoms with Crippen LogP contribution in [-0.4, -0.2) is 24.0 Å². The Balaban J connectivity index is 1.46. The summed E-state index contributed by atoms with van der Waals surface area (Å²) in [5.41, 5.74) is 4.70. The number of nitrogens with one attached hydrogen (secondary N) is 1. The molecule has 1 amide bonds. The van der Waals surface area contributed by atoms with E-state index in [1.807, 2.05) is 24.0 Å². The number of carbonyl (C=O) groups excluding carboxylic acids is 1. The van der Waals surface area contributed by atoms with Crippen LogP contribution in [0.4, 0.5) is 5.69 Å². The molecule has 0 fully saturated rings. The summed E-state index contributed by atoms with van der Waals surface area (Å²) in [6.45, 7) is 5.87. The molecule has 29 heavy (non-hydrogen) atoms. The first kappa shape index (κ1) is 19.5. The molecular formula is C24H26N2O2S. The summed E-state index contributed by atoms with van der Waals surface area (Å²) < 4.78 is 5.49. The molecule has 1 aliphatic heterocycles. The minimum absolute atomic E-state index is 0.0164. The summed E-state index contributed by atoms with van der Waals surface area (Å²) in [6, 6.07) is 18.8. The van der Waals surface area contributed by atoms with E-state index in [-0.39, 0.29) is 11.9 Å². The first-order valence-electron chi connectivity index (χ1n) is 10.0. The van der Waals surface area contributed by atoms with Crippen molar-refractivity contribution in [2.75, 3.05) is 18.5 Å². The molecule has 4 nitrogen and oxygen atoms in total. The van der Waals surface area contributed by atoms with E-state index in [0.29, 0.717) is 6.61 Å². The fourth-order valence-corrected chi connectivity index (χ4v) is 4.78. The molecule has 0 radical (unpaired) electrons. The average molecular weight is 407 g/mol. The van der Waals surface area contributed by atoms with Crippen LogP contribution < -0.4 is 10.1 Å². The fraction of sp³-hybridized carbons (Fsp3) is 0.292. The van der Waals surface area contributed by atoms with Crippen LogP contribution in [0.3, 0.4) is 0 Å². The molecule has 1 aliphatic rings. The number of hydrogen-bond acceptors (Lipinski definition) is 4. The van der Waals surface area contributed by atoms with Gasteiger partial charge < -0.3 is 15.0 Å². The largest absolute Gasteiger partial charge is 0.494 e. The second kappa shape index (κ2) is 8.70. The van der Waals surface area contributed by atoms with E-state index in [1.54, 1.807) is 18.3 Å². The number of rotatable bonds is 6. The van der Waals surface area contributed by atoms with E-state index < -0.39 is 0 Å². The zero-order valence-electron chi connectivity index (χ0n) is 16.9. The Kier molecular flexibility index (Phi) is 5.86. The maximum atomic E-state index is 12.2. The van der Waals surface area contributed by atoms with Gasteiger partial charge in [0.25, 0.3) is 0 Å². The third kappa shape index (κ3) is 4.30. The Labute approximate surface area is 176 Å². The highest BCUT2D eigenvalue weighted by molar-refractivity contribution is 7.10. The molecule has 2 heterocycles. The molecule has 5 heteroatoms. The number of benzene rings is 2. The van der Waals surface area contributed by atoms with Crippen molar-refractivity contribution >= 4 is 22.9 Å². The van der Waals surface area contributed by atoms with E-state index in [1.165, 1.54) is 16.0 Å². The molecule has 1 aromatic heterocycles. The summed E-state index contributed by atoms with van der Waals surface area (Å²) in [6.07, 6.45) is 0.949. The van der Waals surface area contributed by atoms with Crippen molar-refractivity contribution in [2.24, 2.45) is 0 Å². The van der Waals surface area contributed by atoms with Gasteiger partial charge in [-0.2, -0.15) is 0 Å². The van der Waals surface area contributed by atoms with Crippen LogP contribution in [0.2, 0.25) is 0 Å². The van der Waals surface area contributed by atoms with Gasteiger partial charge in [-0.3, -0.25) is 4.79 Å². The molecule has 3 aromatic rings. The molecule has 1 atom stereocenters. The predicted molar refractivity (Wildman–Crippen MR) is 119 cm³/mol. The lowest BCUT2D eigenvalue weighted by Gasteiger charge is -2.35. The van der Waals surface area contributed by atoms with Gasteiger partial charge in [-0.15, -0.1) is 11.3 Å². The molecule has 0 saturated heterocycles. The summed E-state index contributed by atoms with van der Waals surface area (Å²) >= 11 is 1.79. The number of nitrogens with zero attached hydrogens (tertiary/aromatic N) is 1. The average Bonchev–Trinajstić information content (AvgIpc) is 3.22. The van der Waals surface area contributed by atoms with Crippen LogP contribution in [0.1, 0.15) is 41.5 Å². The molecule has 0 aliphatic carbocycles. The molecule has 0 spiro atoms. The molecule has 0 bridgehead atoms. The number of amides is 1. The van der Waals surface area contributed by atoms with Crippen LogP contribution in [0.25, 0.3) is 0 Å². The van der Waals surface area contributed by atoms with E-state index in [2.05, 4.69) is 53.2 Å². The quantitative estimate of drug-likeness (QED) is 0.608. The van der Waals surface area contributed by atoms with E-state index >= 15 is 0 Å². The number of fused-ring (bicyclic) bond motifs is 1. The Hall–Kier alpha value is -2.79. The van der Waals surface area contributed by atoms with Crippen molar-refractivity contribution in [3.63, 3.8) is 0 Å². The number of carbonyl (C=O) groups is 1. The first-order chi connectivity index (χ1) is 14.2. The van der Waals surface area contributed by atoms with E-state index in [9.17, 15) is 4.79 Å². The summed E-state index contributed by atoms with van der Waals surface area (Å²) in [4.78, 5) is 15.6. The SMILES string of the molecule is CCOc1ccc(CNc2ccc([C@@H]3c4ccsc4CCN3C(C)=O)cc2)cc1. The van der Waals surface area contributed by atoms with Crippen LogP contribution in [0.5, 0.6) is 5.75 Å². The molecule has 0 unspecified atom stereocenters. The van der Waals surface area contributed by atoms with Gasteiger partial charge in [0.05, 0.1) is 12.6 Å². The van der Waals surface area contributed by atoms with Gasteiger partial charge in [0.1, 0.15) is 5.75 Å². The summed E-state index contributed by atoms with van der Waals surface area (Å²) in [7, 11) is 0. The van der Waals surface area contributed by atoms with Gasteiger partial charge in [0, 0.05) is 30.6 Å². The highest BCUT2D eigenvalue weighted by Crippen LogP contribution is 2.38. The zero-order valence-corrected chi connectivity index (χ0v) is 17.7. The van der Waals surface area contributed by atoms with Crippen molar-refractivity contribution in [1.82, 2.24) is 4.90 Å². The van der Waals surface area contributed by atoms with Crippen molar-refractivity contribution in [3.8, 4) is 5.75 Å². The number of ether oxygens (including phenoxy) is 1. The van der Waals surface area contributed by atoms with Crippen LogP contribution >= 0.6 is 11.3 Å². The number of hydrogen-bond donors (Lipinski definition) is 1. The summed E-state index contributed by atoms with van der Waals surface area (Å²) in [5, 5.41) is 5.60. The molecular weight excluding hydrogens is 380 g/mol. The Morgan fingerprint density at radius 2 is 1.90 bits per heavy atom. The second-order valence-corrected chi connectivity index (χ2v) is 8.22. The van der Waals surface area contributed by atoms with E-state index in [4.69, 9.17) is 4.74 Å². The summed E-state index contributed by atoms with van der Waals surface area (Å²) in [5.74, 6) is 1.03. The maximum absolute atomic E-state index is 12.2. The topological polar surface area (TPSA) is 41.6 Å². The lowest BCUT2D eigenvalue weighted by Crippen LogP contribution is -2.38. The van der Waals surface area contributed by atoms with Crippen LogP contribution in [0.15, 0.2) is 60.0 Å². The van der Waals surface area contributed by atoms with Crippen LogP contribution in [-0.2, 0) is 17.8 Å². The minimum atomic E-state index is 0.0164. The van der Waals surface area contributed by atoms with Gasteiger partial charge in [0.15, 0.2) is 0 Å². The minimum Gasteiger partial charge on any atom is -0.494 e. The predicted octanol–water partition coefficient (Wildman–Crippen LogP) is 5.25. The third-order valence-corrected chi connectivity index (χ3v) is 6.32. The molecule has 0 saturated carbocycles. The fourth-order valence-electron chi connectivity index (χ4n) is 3.87. The monoisotopic (exact) mass is 406 g/mol. The standard InChI is InChI=1S/C24H26N2O2S/c1-3-28-21-10-4-18(5-11-21)16-25-20-8-6-19(7-9-20)24-22-13-15-29-23(22)12-14-26(24)17(2)27/h4-11,13,15,24-25H,3,12,14,16H2,1-2H3/t24-/m1/s1. The molecule has 1 N–H and O–H groups in total. The van der Waals surface area contributed by atoms with Crippen LogP contribution in [0, 0.1) is 0 Å². The normalized spacial score (nSPS) is 15.7. The second-order valence-electron chi connectivity index (χ2n) is 7.22. The third-order valence-electron chi connectivity index (χ3n) is 5.33. The zero-order chi connectivity index (χ0) is 20.2. The van der Waals surface area contributed by atoms with Gasteiger partial charge in [-0.1, -0.05) is 24.3 Å². The molecule has 150 valence electrons. The van der Waals surface area contributed by atoms with Crippen molar-refractivity contribution in [2.45, 2.75) is 32.9 Å². The number of thiophene rings is 1. The van der Waals surface area contributed by atoms with Crippen molar-refractivity contribution in [1.29, 1.82) is 0 Å². The van der Waals surface area contributed by atoms with Gasteiger partial charge in [0.2, 0.25) is 5.91 Å². The first-order valence-corrected chi connectivity index (χ1v) is 10.9. The molecule has 4 rings (SSSR count). The lowest BCUT2D eigenvalue weighted by atomic mass is 9.93. The van der Waals surface area contributed by atoms with Crippen molar-refractivity contribution in [3.05, 3.63) is 81.5 Å². The Bertz CT molecular complexity index is 963. The molecule has 2 aromatic carbocycles. The Morgan fingerprint density at radius 1 is 1.14 bits per heavy atom. The van der Waals surface area contributed by atoms with Crippen molar-refractivity contribution < 1.29 is 9.53 Å². The van der Waals surface area contributed by atoms with Gasteiger partial charge in [-0.25, -0.2) is 0 Å². The lowest BCUT2D eigenvalue weighted by molar-refractivity contribution is -0.130. The van der Waals surface area contributed by atoms with Gasteiger partial charge >= 0.3 is 0 Å². The number of anilines is 1. The van der Waals surface area contributed by atoms with Gasteiger partial charge in [-0.05, 0) is 65.7 Å². The van der Waals surface area contributed by atoms with E-state index in [0.717, 1.165) is 36.5 Å².